The fourth-order valence-electron chi connectivity index (χ4n) is 2.50. The Kier molecular flexibility index (Phi) is 3.28. The summed E-state index contributed by atoms with van der Waals surface area (Å²) in [5.74, 6) is 1.14. The van der Waals surface area contributed by atoms with Crippen LogP contribution in [0.4, 0.5) is 0 Å². The summed E-state index contributed by atoms with van der Waals surface area (Å²) in [7, 11) is 1.70. The van der Waals surface area contributed by atoms with Crippen LogP contribution in [0.3, 0.4) is 0 Å². The van der Waals surface area contributed by atoms with Crippen molar-refractivity contribution in [3.63, 3.8) is 0 Å². The molecule has 2 heteroatoms. The van der Waals surface area contributed by atoms with Gasteiger partial charge >= 0.3 is 0 Å². The SMILES string of the molecule is COc1c(CC(C)=O)ccc2c1CCCC2. The number of carbonyl (C=O) groups excluding carboxylic acids is 1. The predicted molar refractivity (Wildman–Crippen MR) is 64.0 cm³/mol. The third kappa shape index (κ3) is 2.11. The summed E-state index contributed by atoms with van der Waals surface area (Å²) in [4.78, 5) is 11.2. The van der Waals surface area contributed by atoms with Crippen molar-refractivity contribution in [2.45, 2.75) is 39.0 Å². The second-order valence-electron chi connectivity index (χ2n) is 4.48. The molecule has 0 N–H and O–H groups in total. The van der Waals surface area contributed by atoms with Crippen molar-refractivity contribution < 1.29 is 9.53 Å². The Morgan fingerprint density at radius 3 is 2.75 bits per heavy atom. The van der Waals surface area contributed by atoms with Gasteiger partial charge in [-0.2, -0.15) is 0 Å². The van der Waals surface area contributed by atoms with E-state index in [1.165, 1.54) is 24.0 Å². The Hall–Kier alpha value is -1.31. The van der Waals surface area contributed by atoms with Crippen molar-refractivity contribution >= 4 is 5.78 Å². The Morgan fingerprint density at radius 1 is 1.31 bits per heavy atom. The van der Waals surface area contributed by atoms with Crippen molar-refractivity contribution in [1.29, 1.82) is 0 Å². The fourth-order valence-corrected chi connectivity index (χ4v) is 2.50. The number of Topliss-reactive ketones (excluding diaryl/α,β-unsaturated/α-hetero) is 1. The van der Waals surface area contributed by atoms with Crippen LogP contribution < -0.4 is 4.74 Å². The van der Waals surface area contributed by atoms with Crippen LogP contribution in [-0.2, 0) is 24.1 Å². The summed E-state index contributed by atoms with van der Waals surface area (Å²) in [5, 5.41) is 0. The first kappa shape index (κ1) is 11.2. The molecule has 0 aliphatic heterocycles. The molecule has 0 fully saturated rings. The summed E-state index contributed by atoms with van der Waals surface area (Å²) in [5.41, 5.74) is 3.76. The van der Waals surface area contributed by atoms with Crippen LogP contribution in [0.15, 0.2) is 12.1 Å². The molecule has 1 aliphatic rings. The summed E-state index contributed by atoms with van der Waals surface area (Å²) in [6, 6.07) is 4.21. The average molecular weight is 218 g/mol. The number of benzene rings is 1. The Morgan fingerprint density at radius 2 is 2.06 bits per heavy atom. The van der Waals surface area contributed by atoms with Crippen molar-refractivity contribution in [3.05, 3.63) is 28.8 Å². The number of methoxy groups -OCH3 is 1. The van der Waals surface area contributed by atoms with E-state index in [0.29, 0.717) is 6.42 Å². The molecule has 1 aliphatic carbocycles. The van der Waals surface area contributed by atoms with E-state index >= 15 is 0 Å². The van der Waals surface area contributed by atoms with Gasteiger partial charge in [-0.05, 0) is 43.7 Å². The number of carbonyl (C=O) groups is 1. The number of hydrogen-bond acceptors (Lipinski definition) is 2. The third-order valence-electron chi connectivity index (χ3n) is 3.21. The normalized spacial score (nSPS) is 14.4. The molecular formula is C14H18O2. The maximum Gasteiger partial charge on any atom is 0.134 e. The van der Waals surface area contributed by atoms with Gasteiger partial charge in [0.1, 0.15) is 11.5 Å². The Balaban J connectivity index is 2.43. The standard InChI is InChI=1S/C14H18O2/c1-10(15)9-12-8-7-11-5-3-4-6-13(11)14(12)16-2/h7-8H,3-6,9H2,1-2H3. The van der Waals surface area contributed by atoms with Crippen LogP contribution in [0.25, 0.3) is 0 Å². The van der Waals surface area contributed by atoms with E-state index < -0.39 is 0 Å². The lowest BCUT2D eigenvalue weighted by atomic mass is 9.88. The highest BCUT2D eigenvalue weighted by molar-refractivity contribution is 5.79. The molecule has 0 saturated carbocycles. The largest absolute Gasteiger partial charge is 0.496 e. The Bertz CT molecular complexity index is 407. The van der Waals surface area contributed by atoms with E-state index in [2.05, 4.69) is 6.07 Å². The second-order valence-corrected chi connectivity index (χ2v) is 4.48. The molecule has 0 amide bonds. The topological polar surface area (TPSA) is 26.3 Å². The van der Waals surface area contributed by atoms with E-state index in [1.807, 2.05) is 6.07 Å². The monoisotopic (exact) mass is 218 g/mol. The zero-order chi connectivity index (χ0) is 11.5. The number of ketones is 1. The van der Waals surface area contributed by atoms with Gasteiger partial charge in [0.25, 0.3) is 0 Å². The van der Waals surface area contributed by atoms with Crippen LogP contribution in [-0.4, -0.2) is 12.9 Å². The zero-order valence-electron chi connectivity index (χ0n) is 10.0. The molecule has 0 saturated heterocycles. The molecule has 16 heavy (non-hydrogen) atoms. The molecule has 0 heterocycles. The van der Waals surface area contributed by atoms with E-state index in [1.54, 1.807) is 14.0 Å². The molecular weight excluding hydrogens is 200 g/mol. The number of fused-ring (bicyclic) bond motifs is 1. The van der Waals surface area contributed by atoms with Gasteiger partial charge < -0.3 is 4.74 Å². The van der Waals surface area contributed by atoms with Gasteiger partial charge in [-0.25, -0.2) is 0 Å². The Labute approximate surface area is 96.6 Å². The lowest BCUT2D eigenvalue weighted by Gasteiger charge is -2.20. The van der Waals surface area contributed by atoms with Gasteiger partial charge in [-0.15, -0.1) is 0 Å². The zero-order valence-corrected chi connectivity index (χ0v) is 10.0. The first-order valence-corrected chi connectivity index (χ1v) is 5.89. The molecule has 1 aromatic carbocycles. The molecule has 0 aromatic heterocycles. The van der Waals surface area contributed by atoms with Crippen LogP contribution in [0.5, 0.6) is 5.75 Å². The van der Waals surface area contributed by atoms with Crippen LogP contribution >= 0.6 is 0 Å². The molecule has 2 nitrogen and oxygen atoms in total. The van der Waals surface area contributed by atoms with Gasteiger partial charge in [0, 0.05) is 12.0 Å². The minimum atomic E-state index is 0.189. The summed E-state index contributed by atoms with van der Waals surface area (Å²) < 4.78 is 5.49. The molecule has 0 atom stereocenters. The molecule has 0 bridgehead atoms. The van der Waals surface area contributed by atoms with E-state index in [-0.39, 0.29) is 5.78 Å². The number of ether oxygens (including phenoxy) is 1. The highest BCUT2D eigenvalue weighted by atomic mass is 16.5. The molecule has 86 valence electrons. The second kappa shape index (κ2) is 4.69. The van der Waals surface area contributed by atoms with E-state index in [4.69, 9.17) is 4.74 Å². The highest BCUT2D eigenvalue weighted by Gasteiger charge is 2.17. The predicted octanol–water partition coefficient (Wildman–Crippen LogP) is 2.71. The maximum atomic E-state index is 11.2. The van der Waals surface area contributed by atoms with Crippen molar-refractivity contribution in [2.24, 2.45) is 0 Å². The lowest BCUT2D eigenvalue weighted by Crippen LogP contribution is -2.08. The quantitative estimate of drug-likeness (QED) is 0.779. The number of rotatable bonds is 3. The molecule has 1 aromatic rings. The van der Waals surface area contributed by atoms with Crippen molar-refractivity contribution in [3.8, 4) is 5.75 Å². The lowest BCUT2D eigenvalue weighted by molar-refractivity contribution is -0.116. The summed E-state index contributed by atoms with van der Waals surface area (Å²) >= 11 is 0. The smallest absolute Gasteiger partial charge is 0.134 e. The van der Waals surface area contributed by atoms with Gasteiger partial charge in [0.05, 0.1) is 7.11 Å². The van der Waals surface area contributed by atoms with Gasteiger partial charge in [-0.3, -0.25) is 4.79 Å². The van der Waals surface area contributed by atoms with Crippen LogP contribution in [0.1, 0.15) is 36.5 Å². The molecule has 0 radical (unpaired) electrons. The first-order valence-electron chi connectivity index (χ1n) is 5.89. The number of aryl methyl sites for hydroxylation is 1. The van der Waals surface area contributed by atoms with Gasteiger partial charge in [0.2, 0.25) is 0 Å². The van der Waals surface area contributed by atoms with Gasteiger partial charge in [0.15, 0.2) is 0 Å². The summed E-state index contributed by atoms with van der Waals surface area (Å²) in [6.45, 7) is 1.62. The maximum absolute atomic E-state index is 11.2. The molecule has 0 spiro atoms. The molecule has 0 unspecified atom stereocenters. The summed E-state index contributed by atoms with van der Waals surface area (Å²) in [6.07, 6.45) is 5.21. The highest BCUT2D eigenvalue weighted by Crippen LogP contribution is 2.33. The minimum Gasteiger partial charge on any atom is -0.496 e. The molecule has 2 rings (SSSR count). The van der Waals surface area contributed by atoms with E-state index in [0.717, 1.165) is 24.2 Å². The van der Waals surface area contributed by atoms with Gasteiger partial charge in [-0.1, -0.05) is 12.1 Å². The van der Waals surface area contributed by atoms with Crippen LogP contribution in [0, 0.1) is 0 Å². The van der Waals surface area contributed by atoms with E-state index in [9.17, 15) is 4.79 Å². The first-order chi connectivity index (χ1) is 7.72. The average Bonchev–Trinajstić information content (AvgIpc) is 2.28. The third-order valence-corrected chi connectivity index (χ3v) is 3.21. The van der Waals surface area contributed by atoms with Crippen molar-refractivity contribution in [2.75, 3.05) is 7.11 Å². The van der Waals surface area contributed by atoms with Crippen LogP contribution in [0.2, 0.25) is 0 Å². The fraction of sp³-hybridized carbons (Fsp3) is 0.500. The number of hydrogen-bond donors (Lipinski definition) is 0. The van der Waals surface area contributed by atoms with Crippen molar-refractivity contribution in [1.82, 2.24) is 0 Å². The minimum absolute atomic E-state index is 0.189.